The summed E-state index contributed by atoms with van der Waals surface area (Å²) in [5.41, 5.74) is 0.811. The lowest BCUT2D eigenvalue weighted by Gasteiger charge is -2.26. The fraction of sp³-hybridized carbons (Fsp3) is 0.217. The van der Waals surface area contributed by atoms with Crippen LogP contribution in [0.4, 0.5) is 0 Å². The molecular formula is C23H21N5O9S. The standard InChI is InChI=1S/C23H21N5O9S/c1-14-18(19(16-7-6-10-24-13-16)20(27(30)31)15(2)25-14)23(29)36-12-11-35-21-22(28(32)37-26-21)38(33,34)17-8-4-3-5-9-17/h3-10,13,19,25H,11-12H2,1-2H3. The number of dihydropyridines is 1. The van der Waals surface area contributed by atoms with Gasteiger partial charge in [0.2, 0.25) is 0 Å². The van der Waals surface area contributed by atoms with Crippen molar-refractivity contribution in [2.75, 3.05) is 13.2 Å². The number of pyridine rings is 1. The van der Waals surface area contributed by atoms with Gasteiger partial charge in [-0.05, 0) is 42.5 Å². The number of rotatable bonds is 9. The van der Waals surface area contributed by atoms with Crippen molar-refractivity contribution in [2.45, 2.75) is 29.7 Å². The highest BCUT2D eigenvalue weighted by Crippen LogP contribution is 2.38. The van der Waals surface area contributed by atoms with Crippen LogP contribution < -0.4 is 15.0 Å². The van der Waals surface area contributed by atoms with Crippen molar-refractivity contribution in [1.82, 2.24) is 15.5 Å². The molecule has 0 amide bonds. The number of carbonyl (C=O) groups is 1. The van der Waals surface area contributed by atoms with E-state index in [1.54, 1.807) is 25.1 Å². The summed E-state index contributed by atoms with van der Waals surface area (Å²) in [6.07, 6.45) is 2.93. The van der Waals surface area contributed by atoms with Gasteiger partial charge in [0.1, 0.15) is 19.1 Å². The zero-order chi connectivity index (χ0) is 27.4. The zero-order valence-corrected chi connectivity index (χ0v) is 20.9. The summed E-state index contributed by atoms with van der Waals surface area (Å²) in [6.45, 7) is 2.31. The first-order valence-electron chi connectivity index (χ1n) is 11.1. The van der Waals surface area contributed by atoms with Crippen LogP contribution in [-0.4, -0.2) is 42.7 Å². The van der Waals surface area contributed by atoms with Gasteiger partial charge in [0, 0.05) is 18.1 Å². The Balaban J connectivity index is 1.50. The number of carbonyl (C=O) groups excluding carboxylic acids is 1. The molecule has 0 bridgehead atoms. The highest BCUT2D eigenvalue weighted by Gasteiger charge is 2.41. The first kappa shape index (κ1) is 26.3. The van der Waals surface area contributed by atoms with E-state index in [1.165, 1.54) is 43.6 Å². The van der Waals surface area contributed by atoms with E-state index in [9.17, 15) is 28.5 Å². The van der Waals surface area contributed by atoms with Gasteiger partial charge in [-0.2, -0.15) is 0 Å². The molecule has 1 N–H and O–H groups in total. The molecule has 15 heteroatoms. The number of esters is 1. The second-order valence-electron chi connectivity index (χ2n) is 7.99. The molecule has 0 saturated carbocycles. The lowest BCUT2D eigenvalue weighted by molar-refractivity contribution is -0.832. The van der Waals surface area contributed by atoms with Gasteiger partial charge in [-0.3, -0.25) is 19.7 Å². The van der Waals surface area contributed by atoms with Crippen LogP contribution in [0.25, 0.3) is 0 Å². The predicted molar refractivity (Wildman–Crippen MR) is 126 cm³/mol. The van der Waals surface area contributed by atoms with E-state index in [0.717, 1.165) is 0 Å². The summed E-state index contributed by atoms with van der Waals surface area (Å²) in [7, 11) is -4.32. The van der Waals surface area contributed by atoms with E-state index < -0.39 is 50.8 Å². The number of nitrogens with one attached hydrogen (secondary N) is 1. The number of benzene rings is 1. The minimum Gasteiger partial charge on any atom is -0.459 e. The molecule has 0 aliphatic carbocycles. The van der Waals surface area contributed by atoms with Crippen molar-refractivity contribution in [1.29, 1.82) is 0 Å². The summed E-state index contributed by atoms with van der Waals surface area (Å²) >= 11 is 0. The Hall–Kier alpha value is -4.79. The van der Waals surface area contributed by atoms with Crippen molar-refractivity contribution in [3.05, 3.63) is 98.4 Å². The summed E-state index contributed by atoms with van der Waals surface area (Å²) in [5.74, 6) is -2.53. The van der Waals surface area contributed by atoms with E-state index >= 15 is 0 Å². The number of aromatic nitrogens is 3. The Morgan fingerprint density at radius 2 is 1.89 bits per heavy atom. The Bertz CT molecular complexity index is 1530. The molecule has 0 saturated heterocycles. The molecule has 1 unspecified atom stereocenters. The van der Waals surface area contributed by atoms with Gasteiger partial charge in [0.25, 0.3) is 15.5 Å². The van der Waals surface area contributed by atoms with Crippen LogP contribution in [0.2, 0.25) is 0 Å². The molecule has 14 nitrogen and oxygen atoms in total. The van der Waals surface area contributed by atoms with Crippen LogP contribution in [-0.2, 0) is 19.4 Å². The Labute approximate surface area is 215 Å². The van der Waals surface area contributed by atoms with Gasteiger partial charge in [-0.15, -0.1) is 0 Å². The molecule has 1 aliphatic rings. The van der Waals surface area contributed by atoms with E-state index in [2.05, 4.69) is 20.1 Å². The molecule has 2 aromatic heterocycles. The number of ether oxygens (including phenoxy) is 2. The monoisotopic (exact) mass is 543 g/mol. The second-order valence-corrected chi connectivity index (χ2v) is 9.86. The molecule has 4 rings (SSSR count). The SMILES string of the molecule is CC1=C(C(=O)OCCOc2no[n+]([O-])c2S(=O)(=O)c2ccccc2)C(c2cccnc2)C([N+](=O)[O-])=C(C)N1. The van der Waals surface area contributed by atoms with Crippen molar-refractivity contribution >= 4 is 15.8 Å². The summed E-state index contributed by atoms with van der Waals surface area (Å²) < 4.78 is 40.6. The van der Waals surface area contributed by atoms with Crippen molar-refractivity contribution in [2.24, 2.45) is 0 Å². The van der Waals surface area contributed by atoms with Crippen LogP contribution in [0.15, 0.2) is 92.1 Å². The first-order chi connectivity index (χ1) is 18.1. The maximum absolute atomic E-state index is 13.1. The Morgan fingerprint density at radius 3 is 2.55 bits per heavy atom. The molecule has 198 valence electrons. The van der Waals surface area contributed by atoms with Gasteiger partial charge in [-0.1, -0.05) is 24.3 Å². The van der Waals surface area contributed by atoms with Gasteiger partial charge >= 0.3 is 16.9 Å². The fourth-order valence-electron chi connectivity index (χ4n) is 3.96. The fourth-order valence-corrected chi connectivity index (χ4v) is 5.25. The van der Waals surface area contributed by atoms with Gasteiger partial charge in [0.15, 0.2) is 0 Å². The van der Waals surface area contributed by atoms with Crippen LogP contribution in [0.5, 0.6) is 5.88 Å². The maximum Gasteiger partial charge on any atom is 0.415 e. The van der Waals surface area contributed by atoms with E-state index in [1.807, 2.05) is 0 Å². The number of nitro groups is 1. The molecule has 3 aromatic rings. The van der Waals surface area contributed by atoms with Crippen LogP contribution in [0.1, 0.15) is 25.3 Å². The Kier molecular flexibility index (Phi) is 7.38. The average molecular weight is 544 g/mol. The molecule has 1 aliphatic heterocycles. The largest absolute Gasteiger partial charge is 0.459 e. The van der Waals surface area contributed by atoms with Gasteiger partial charge in [0.05, 0.1) is 26.2 Å². The Morgan fingerprint density at radius 1 is 1.16 bits per heavy atom. The van der Waals surface area contributed by atoms with Crippen LogP contribution in [0.3, 0.4) is 0 Å². The number of hydrogen-bond donors (Lipinski definition) is 1. The van der Waals surface area contributed by atoms with Crippen molar-refractivity contribution < 1.29 is 37.1 Å². The smallest absolute Gasteiger partial charge is 0.415 e. The second kappa shape index (κ2) is 10.7. The highest BCUT2D eigenvalue weighted by atomic mass is 32.2. The maximum atomic E-state index is 13.1. The third-order valence-corrected chi connectivity index (χ3v) is 7.30. The molecule has 1 aromatic carbocycles. The summed E-state index contributed by atoms with van der Waals surface area (Å²) in [6, 6.07) is 10.3. The van der Waals surface area contributed by atoms with Crippen LogP contribution >= 0.6 is 0 Å². The number of hydrogen-bond acceptors (Lipinski definition) is 12. The van der Waals surface area contributed by atoms with Gasteiger partial charge < -0.3 is 20.0 Å². The lowest BCUT2D eigenvalue weighted by Crippen LogP contribution is -2.32. The van der Waals surface area contributed by atoms with Gasteiger partial charge in [-0.25, -0.2) is 13.2 Å². The highest BCUT2D eigenvalue weighted by molar-refractivity contribution is 7.91. The number of sulfone groups is 1. The van der Waals surface area contributed by atoms with Crippen molar-refractivity contribution in [3.63, 3.8) is 0 Å². The van der Waals surface area contributed by atoms with E-state index in [4.69, 9.17) is 9.47 Å². The molecule has 3 heterocycles. The summed E-state index contributed by atoms with van der Waals surface area (Å²) in [4.78, 5) is 27.9. The van der Waals surface area contributed by atoms with E-state index in [0.29, 0.717) is 11.3 Å². The molecule has 0 radical (unpaired) electrons. The lowest BCUT2D eigenvalue weighted by atomic mass is 9.85. The molecule has 0 fully saturated rings. The van der Waals surface area contributed by atoms with E-state index in [-0.39, 0.29) is 26.8 Å². The minimum atomic E-state index is -4.32. The predicted octanol–water partition coefficient (Wildman–Crippen LogP) is 1.63. The molecular weight excluding hydrogens is 522 g/mol. The van der Waals surface area contributed by atoms with Crippen LogP contribution in [0, 0.1) is 15.3 Å². The normalized spacial score (nSPS) is 15.7. The average Bonchev–Trinajstić information content (AvgIpc) is 3.27. The first-order valence-corrected chi connectivity index (χ1v) is 12.5. The summed E-state index contributed by atoms with van der Waals surface area (Å²) in [5, 5.41) is 29.2. The third-order valence-electron chi connectivity index (χ3n) is 5.57. The third kappa shape index (κ3) is 5.04. The molecule has 1 atom stereocenters. The topological polar surface area (TPSA) is 191 Å². The number of allylic oxidation sites excluding steroid dienone is 3. The molecule has 0 spiro atoms. The quantitative estimate of drug-likeness (QED) is 0.135. The number of nitrogens with zero attached hydrogens (tertiary/aromatic N) is 4. The van der Waals surface area contributed by atoms with Crippen molar-refractivity contribution in [3.8, 4) is 5.88 Å². The minimum absolute atomic E-state index is 0.00137. The zero-order valence-electron chi connectivity index (χ0n) is 20.1. The molecule has 38 heavy (non-hydrogen) atoms.